The molecule has 0 aromatic heterocycles. The van der Waals surface area contributed by atoms with E-state index in [9.17, 15) is 0 Å². The highest BCUT2D eigenvalue weighted by Gasteiger charge is 1.64. The molecule has 0 aromatic carbocycles. The summed E-state index contributed by atoms with van der Waals surface area (Å²) in [5, 5.41) is 0. The van der Waals surface area contributed by atoms with Crippen LogP contribution in [-0.2, 0) is 4.74 Å². The monoisotopic (exact) mass is 458 g/mol. The molecule has 0 heterocycles. The highest BCUT2D eigenvalue weighted by molar-refractivity contribution is 14.0. The topological polar surface area (TPSA) is 9.23 Å². The Morgan fingerprint density at radius 2 is 1.12 bits per heavy atom. The summed E-state index contributed by atoms with van der Waals surface area (Å²) in [6, 6.07) is 0. The minimum Gasteiger partial charge on any atom is -0.382 e. The van der Waals surface area contributed by atoms with Crippen LogP contribution in [0.1, 0.15) is 13.8 Å². The zero-order chi connectivity index (χ0) is 4.12. The molecule has 1 nitrogen and oxygen atoms in total. The summed E-state index contributed by atoms with van der Waals surface area (Å²) in [4.78, 5) is 0. The van der Waals surface area contributed by atoms with Gasteiger partial charge < -0.3 is 4.74 Å². The predicted octanol–water partition coefficient (Wildman–Crippen LogP) is 2.90. The molecule has 0 atom stereocenters. The molecule has 0 saturated heterocycles. The van der Waals surface area contributed by atoms with Crippen LogP contribution in [0.2, 0.25) is 0 Å². The Morgan fingerprint density at radius 3 is 1.12 bits per heavy atom. The second-order valence-electron chi connectivity index (χ2n) is 0.781. The fraction of sp³-hybridized carbons (Fsp3) is 1.00. The van der Waals surface area contributed by atoms with E-state index in [1.54, 1.807) is 0 Å². The molecule has 0 spiro atoms. The van der Waals surface area contributed by atoms with Gasteiger partial charge in [0, 0.05) is 13.2 Å². The summed E-state index contributed by atoms with van der Waals surface area (Å²) in [7, 11) is 0. The molecule has 0 aliphatic heterocycles. The van der Waals surface area contributed by atoms with Gasteiger partial charge in [-0.15, -0.1) is 71.9 Å². The Kier molecular flexibility index (Phi) is 64.4. The predicted molar refractivity (Wildman–Crippen MR) is 68.4 cm³/mol. The molecule has 0 bridgehead atoms. The van der Waals surface area contributed by atoms with Crippen molar-refractivity contribution in [3.8, 4) is 0 Å². The van der Waals surface area contributed by atoms with Crippen molar-refractivity contribution in [3.63, 3.8) is 0 Å². The first-order valence-corrected chi connectivity index (χ1v) is 1.99. The van der Waals surface area contributed by atoms with Crippen LogP contribution in [-0.4, -0.2) is 13.2 Å². The summed E-state index contributed by atoms with van der Waals surface area (Å²) in [6.45, 7) is 5.67. The van der Waals surface area contributed by atoms with Crippen molar-refractivity contribution in [3.05, 3.63) is 0 Å². The molecule has 56 valence electrons. The molecule has 0 aliphatic carbocycles. The van der Waals surface area contributed by atoms with E-state index in [2.05, 4.69) is 0 Å². The minimum absolute atomic E-state index is 0. The molecule has 0 radical (unpaired) electrons. The summed E-state index contributed by atoms with van der Waals surface area (Å²) < 4.78 is 4.83. The lowest BCUT2D eigenvalue weighted by Crippen LogP contribution is -1.84. The van der Waals surface area contributed by atoms with Gasteiger partial charge in [0.25, 0.3) is 0 Å². The van der Waals surface area contributed by atoms with Gasteiger partial charge in [-0.05, 0) is 13.8 Å². The summed E-state index contributed by atoms with van der Waals surface area (Å²) in [6.07, 6.45) is 0. The Hall–Kier alpha value is 2.15. The normalized spacial score (nSPS) is 5.25. The van der Waals surface area contributed by atoms with E-state index in [1.807, 2.05) is 13.8 Å². The summed E-state index contributed by atoms with van der Waals surface area (Å²) in [5.74, 6) is 0. The van der Waals surface area contributed by atoms with Gasteiger partial charge in [0.15, 0.2) is 0 Å². The molecule has 0 aliphatic rings. The number of halogens is 3. The molecule has 0 aromatic rings. The Balaban J connectivity index is -0.0000000267. The van der Waals surface area contributed by atoms with Crippen molar-refractivity contribution in [1.82, 2.24) is 0 Å². The second kappa shape index (κ2) is 22.9. The van der Waals surface area contributed by atoms with Crippen molar-refractivity contribution < 1.29 is 4.74 Å². The van der Waals surface area contributed by atoms with Crippen molar-refractivity contribution in [1.29, 1.82) is 0 Å². The maximum Gasteiger partial charge on any atom is 0.0437 e. The van der Waals surface area contributed by atoms with Gasteiger partial charge in [-0.1, -0.05) is 0 Å². The first-order valence-electron chi connectivity index (χ1n) is 1.99. The Bertz CT molecular complexity index is 18.8. The first kappa shape index (κ1) is 22.5. The molecule has 0 saturated carbocycles. The van der Waals surface area contributed by atoms with Crippen LogP contribution in [0.4, 0.5) is 0 Å². The molecular weight excluding hydrogens is 445 g/mol. The highest BCUT2D eigenvalue weighted by Crippen LogP contribution is 1.64. The largest absolute Gasteiger partial charge is 0.382 e. The van der Waals surface area contributed by atoms with Crippen LogP contribution in [0, 0.1) is 0 Å². The van der Waals surface area contributed by atoms with Crippen molar-refractivity contribution >= 4 is 71.9 Å². The van der Waals surface area contributed by atoms with Crippen molar-refractivity contribution in [2.24, 2.45) is 0 Å². The maximum absolute atomic E-state index is 4.83. The van der Waals surface area contributed by atoms with E-state index in [0.29, 0.717) is 0 Å². The third-order valence-electron chi connectivity index (χ3n) is 0.408. The van der Waals surface area contributed by atoms with E-state index in [4.69, 9.17) is 4.74 Å². The zero-order valence-electron chi connectivity index (χ0n) is 5.05. The van der Waals surface area contributed by atoms with E-state index in [-0.39, 0.29) is 71.9 Å². The Labute approximate surface area is 102 Å². The van der Waals surface area contributed by atoms with Gasteiger partial charge in [-0.2, -0.15) is 0 Å². The van der Waals surface area contributed by atoms with Gasteiger partial charge in [0.2, 0.25) is 0 Å². The molecule has 0 N–H and O–H groups in total. The fourth-order valence-electron chi connectivity index (χ4n) is 0.204. The van der Waals surface area contributed by atoms with Crippen LogP contribution < -0.4 is 0 Å². The molecule has 0 amide bonds. The van der Waals surface area contributed by atoms with Gasteiger partial charge in [-0.3, -0.25) is 0 Å². The SMILES string of the molecule is CCOCC.I.I.I. The number of hydrogen-bond donors (Lipinski definition) is 0. The molecule has 4 heteroatoms. The fourth-order valence-corrected chi connectivity index (χ4v) is 0.204. The quantitative estimate of drug-likeness (QED) is 0.579. The van der Waals surface area contributed by atoms with Crippen molar-refractivity contribution in [2.75, 3.05) is 13.2 Å². The summed E-state index contributed by atoms with van der Waals surface area (Å²) >= 11 is 0. The lowest BCUT2D eigenvalue weighted by molar-refractivity contribution is 0.162. The van der Waals surface area contributed by atoms with Gasteiger partial charge in [-0.25, -0.2) is 0 Å². The lowest BCUT2D eigenvalue weighted by atomic mass is 10.8. The number of hydrogen-bond acceptors (Lipinski definition) is 1. The van der Waals surface area contributed by atoms with E-state index in [1.165, 1.54) is 0 Å². The lowest BCUT2D eigenvalue weighted by Gasteiger charge is -1.86. The van der Waals surface area contributed by atoms with Crippen LogP contribution in [0.3, 0.4) is 0 Å². The summed E-state index contributed by atoms with van der Waals surface area (Å²) in [5.41, 5.74) is 0. The maximum atomic E-state index is 4.83. The molecular formula is C4H13I3O. The average Bonchev–Trinajstić information content (AvgIpc) is 1.41. The smallest absolute Gasteiger partial charge is 0.0437 e. The van der Waals surface area contributed by atoms with Crippen LogP contribution >= 0.6 is 71.9 Å². The molecule has 0 fully saturated rings. The third-order valence-corrected chi connectivity index (χ3v) is 0.408. The Morgan fingerprint density at radius 1 is 0.875 bits per heavy atom. The second-order valence-corrected chi connectivity index (χ2v) is 0.781. The van der Waals surface area contributed by atoms with Crippen LogP contribution in [0.25, 0.3) is 0 Å². The highest BCUT2D eigenvalue weighted by atomic mass is 127. The first-order chi connectivity index (χ1) is 2.41. The number of ether oxygens (including phenoxy) is 1. The van der Waals surface area contributed by atoms with Gasteiger partial charge >= 0.3 is 0 Å². The van der Waals surface area contributed by atoms with Gasteiger partial charge in [0.05, 0.1) is 0 Å². The van der Waals surface area contributed by atoms with Crippen LogP contribution in [0.5, 0.6) is 0 Å². The van der Waals surface area contributed by atoms with Crippen molar-refractivity contribution in [2.45, 2.75) is 13.8 Å². The zero-order valence-corrected chi connectivity index (χ0v) is 12.0. The molecule has 0 rings (SSSR count). The molecule has 8 heavy (non-hydrogen) atoms. The van der Waals surface area contributed by atoms with E-state index < -0.39 is 0 Å². The minimum atomic E-state index is 0. The van der Waals surface area contributed by atoms with E-state index >= 15 is 0 Å². The van der Waals surface area contributed by atoms with E-state index in [0.717, 1.165) is 13.2 Å². The third kappa shape index (κ3) is 24.2. The number of rotatable bonds is 2. The molecule has 0 unspecified atom stereocenters. The standard InChI is InChI=1S/C4H10O.3HI/c1-3-5-4-2;;;/h3-4H2,1-2H3;3*1H. The van der Waals surface area contributed by atoms with Gasteiger partial charge in [0.1, 0.15) is 0 Å². The average molecular weight is 458 g/mol. The van der Waals surface area contributed by atoms with Crippen LogP contribution in [0.15, 0.2) is 0 Å².